The Bertz CT molecular complexity index is 130. The molecule has 0 atom stereocenters. The van der Waals surface area contributed by atoms with Gasteiger partial charge in [-0.05, 0) is 51.1 Å². The Labute approximate surface area is 94.5 Å². The van der Waals surface area contributed by atoms with E-state index >= 15 is 0 Å². The van der Waals surface area contributed by atoms with Crippen LogP contribution >= 0.6 is 0 Å². The molecule has 0 saturated heterocycles. The molecule has 1 fully saturated rings. The van der Waals surface area contributed by atoms with Gasteiger partial charge in [-0.2, -0.15) is 0 Å². The summed E-state index contributed by atoms with van der Waals surface area (Å²) in [5.41, 5.74) is 0. The van der Waals surface area contributed by atoms with Crippen molar-refractivity contribution in [3.05, 3.63) is 0 Å². The standard InChI is InChI=1S/C13H27NO/c15-11-7-3-6-10-14-12-13-8-4-1-2-5-9-13/h13-15H,1-12H2. The van der Waals surface area contributed by atoms with Crippen LogP contribution in [-0.2, 0) is 0 Å². The third-order valence-corrected chi connectivity index (χ3v) is 3.42. The Morgan fingerprint density at radius 1 is 0.933 bits per heavy atom. The summed E-state index contributed by atoms with van der Waals surface area (Å²) in [4.78, 5) is 0. The van der Waals surface area contributed by atoms with Crippen LogP contribution < -0.4 is 5.32 Å². The molecule has 0 heterocycles. The van der Waals surface area contributed by atoms with Crippen molar-refractivity contribution in [2.24, 2.45) is 5.92 Å². The molecule has 90 valence electrons. The topological polar surface area (TPSA) is 32.3 Å². The minimum absolute atomic E-state index is 0.350. The molecule has 0 bridgehead atoms. The molecular formula is C13H27NO. The lowest BCUT2D eigenvalue weighted by Crippen LogP contribution is -2.23. The zero-order chi connectivity index (χ0) is 10.8. The molecule has 15 heavy (non-hydrogen) atoms. The molecule has 0 amide bonds. The van der Waals surface area contributed by atoms with Crippen LogP contribution in [0.2, 0.25) is 0 Å². The number of aliphatic hydroxyl groups is 1. The SMILES string of the molecule is OCCCCCNCC1CCCCCC1. The molecule has 0 aliphatic heterocycles. The fourth-order valence-corrected chi connectivity index (χ4v) is 2.41. The summed E-state index contributed by atoms with van der Waals surface area (Å²) in [6, 6.07) is 0. The lowest BCUT2D eigenvalue weighted by Gasteiger charge is -2.14. The van der Waals surface area contributed by atoms with Gasteiger partial charge in [0.05, 0.1) is 0 Å². The minimum Gasteiger partial charge on any atom is -0.396 e. The summed E-state index contributed by atoms with van der Waals surface area (Å²) < 4.78 is 0. The van der Waals surface area contributed by atoms with Crippen LogP contribution in [0, 0.1) is 5.92 Å². The predicted octanol–water partition coefficient (Wildman–Crippen LogP) is 2.71. The molecular weight excluding hydrogens is 186 g/mol. The molecule has 1 aliphatic rings. The highest BCUT2D eigenvalue weighted by Gasteiger charge is 2.10. The van der Waals surface area contributed by atoms with Crippen LogP contribution in [0.3, 0.4) is 0 Å². The van der Waals surface area contributed by atoms with Crippen LogP contribution in [-0.4, -0.2) is 24.8 Å². The Hall–Kier alpha value is -0.0800. The number of rotatable bonds is 7. The van der Waals surface area contributed by atoms with E-state index in [1.54, 1.807) is 0 Å². The first-order chi connectivity index (χ1) is 7.43. The molecule has 0 aromatic carbocycles. The van der Waals surface area contributed by atoms with Crippen molar-refractivity contribution in [1.82, 2.24) is 5.32 Å². The zero-order valence-electron chi connectivity index (χ0n) is 10.0. The molecule has 0 aromatic heterocycles. The maximum atomic E-state index is 8.64. The van der Waals surface area contributed by atoms with Crippen LogP contribution in [0.25, 0.3) is 0 Å². The maximum absolute atomic E-state index is 8.64. The minimum atomic E-state index is 0.350. The van der Waals surface area contributed by atoms with Crippen LogP contribution in [0.5, 0.6) is 0 Å². The average Bonchev–Trinajstić information content (AvgIpc) is 2.52. The van der Waals surface area contributed by atoms with Gasteiger partial charge >= 0.3 is 0 Å². The number of unbranched alkanes of at least 4 members (excludes halogenated alkanes) is 2. The van der Waals surface area contributed by atoms with Gasteiger partial charge in [-0.25, -0.2) is 0 Å². The predicted molar refractivity (Wildman–Crippen MR) is 65.0 cm³/mol. The number of hydrogen-bond donors (Lipinski definition) is 2. The Morgan fingerprint density at radius 2 is 1.67 bits per heavy atom. The summed E-state index contributed by atoms with van der Waals surface area (Å²) in [5, 5.41) is 12.2. The van der Waals surface area contributed by atoms with Gasteiger partial charge in [-0.15, -0.1) is 0 Å². The number of aliphatic hydroxyl groups excluding tert-OH is 1. The largest absolute Gasteiger partial charge is 0.396 e. The molecule has 0 radical (unpaired) electrons. The highest BCUT2D eigenvalue weighted by atomic mass is 16.2. The van der Waals surface area contributed by atoms with Gasteiger partial charge in [0, 0.05) is 6.61 Å². The van der Waals surface area contributed by atoms with Gasteiger partial charge in [0.15, 0.2) is 0 Å². The van der Waals surface area contributed by atoms with E-state index < -0.39 is 0 Å². The Balaban J connectivity index is 1.89. The lowest BCUT2D eigenvalue weighted by molar-refractivity contribution is 0.282. The molecule has 0 unspecified atom stereocenters. The van der Waals surface area contributed by atoms with E-state index in [1.165, 1.54) is 51.5 Å². The zero-order valence-corrected chi connectivity index (χ0v) is 10.0. The smallest absolute Gasteiger partial charge is 0.0431 e. The van der Waals surface area contributed by atoms with Gasteiger partial charge in [0.1, 0.15) is 0 Å². The van der Waals surface area contributed by atoms with E-state index in [4.69, 9.17) is 5.11 Å². The van der Waals surface area contributed by atoms with E-state index in [0.717, 1.165) is 25.3 Å². The van der Waals surface area contributed by atoms with E-state index in [9.17, 15) is 0 Å². The first-order valence-corrected chi connectivity index (χ1v) is 6.75. The molecule has 2 nitrogen and oxygen atoms in total. The summed E-state index contributed by atoms with van der Waals surface area (Å²) in [6.07, 6.45) is 12.0. The van der Waals surface area contributed by atoms with Crippen molar-refractivity contribution in [3.63, 3.8) is 0 Å². The monoisotopic (exact) mass is 213 g/mol. The highest BCUT2D eigenvalue weighted by Crippen LogP contribution is 2.21. The fraction of sp³-hybridized carbons (Fsp3) is 1.00. The quantitative estimate of drug-likeness (QED) is 0.503. The van der Waals surface area contributed by atoms with Gasteiger partial charge < -0.3 is 10.4 Å². The second-order valence-electron chi connectivity index (χ2n) is 4.85. The van der Waals surface area contributed by atoms with Crippen LogP contribution in [0.4, 0.5) is 0 Å². The first kappa shape index (κ1) is 13.0. The molecule has 1 saturated carbocycles. The summed E-state index contributed by atoms with van der Waals surface area (Å²) in [5.74, 6) is 0.936. The Kier molecular flexibility index (Phi) is 7.94. The van der Waals surface area contributed by atoms with Crippen molar-refractivity contribution in [1.29, 1.82) is 0 Å². The molecule has 2 heteroatoms. The summed E-state index contributed by atoms with van der Waals surface area (Å²) in [6.45, 7) is 2.71. The lowest BCUT2D eigenvalue weighted by atomic mass is 10.0. The molecule has 0 spiro atoms. The van der Waals surface area contributed by atoms with Crippen molar-refractivity contribution in [3.8, 4) is 0 Å². The van der Waals surface area contributed by atoms with Gasteiger partial charge in [-0.1, -0.05) is 25.7 Å². The third-order valence-electron chi connectivity index (χ3n) is 3.42. The summed E-state index contributed by atoms with van der Waals surface area (Å²) >= 11 is 0. The maximum Gasteiger partial charge on any atom is 0.0431 e. The fourth-order valence-electron chi connectivity index (χ4n) is 2.41. The third kappa shape index (κ3) is 6.91. The van der Waals surface area contributed by atoms with Crippen molar-refractivity contribution in [2.45, 2.75) is 57.8 Å². The van der Waals surface area contributed by atoms with Crippen LogP contribution in [0.1, 0.15) is 57.8 Å². The first-order valence-electron chi connectivity index (χ1n) is 6.75. The second-order valence-corrected chi connectivity index (χ2v) is 4.85. The normalized spacial score (nSPS) is 19.0. The van der Waals surface area contributed by atoms with E-state index in [1.807, 2.05) is 0 Å². The van der Waals surface area contributed by atoms with E-state index in [-0.39, 0.29) is 0 Å². The van der Waals surface area contributed by atoms with Gasteiger partial charge in [-0.3, -0.25) is 0 Å². The number of hydrogen-bond acceptors (Lipinski definition) is 2. The second kappa shape index (κ2) is 9.17. The molecule has 0 aromatic rings. The van der Waals surface area contributed by atoms with E-state index in [2.05, 4.69) is 5.32 Å². The van der Waals surface area contributed by atoms with Crippen LogP contribution in [0.15, 0.2) is 0 Å². The van der Waals surface area contributed by atoms with Gasteiger partial charge in [0.2, 0.25) is 0 Å². The Morgan fingerprint density at radius 3 is 2.33 bits per heavy atom. The number of nitrogens with one attached hydrogen (secondary N) is 1. The molecule has 1 aliphatic carbocycles. The van der Waals surface area contributed by atoms with E-state index in [0.29, 0.717) is 6.61 Å². The highest BCUT2D eigenvalue weighted by molar-refractivity contribution is 4.66. The van der Waals surface area contributed by atoms with Crippen molar-refractivity contribution in [2.75, 3.05) is 19.7 Å². The van der Waals surface area contributed by atoms with Crippen molar-refractivity contribution >= 4 is 0 Å². The van der Waals surface area contributed by atoms with Crippen molar-refractivity contribution < 1.29 is 5.11 Å². The summed E-state index contributed by atoms with van der Waals surface area (Å²) in [7, 11) is 0. The molecule has 2 N–H and O–H groups in total. The average molecular weight is 213 g/mol. The van der Waals surface area contributed by atoms with Gasteiger partial charge in [0.25, 0.3) is 0 Å². The molecule has 1 rings (SSSR count).